The van der Waals surface area contributed by atoms with E-state index in [4.69, 9.17) is 10.5 Å². The lowest BCUT2D eigenvalue weighted by Crippen LogP contribution is -2.40. The van der Waals surface area contributed by atoms with Crippen LogP contribution in [-0.4, -0.2) is 30.8 Å². The molecule has 0 heterocycles. The van der Waals surface area contributed by atoms with Crippen LogP contribution in [0.15, 0.2) is 24.3 Å². The van der Waals surface area contributed by atoms with Crippen LogP contribution >= 0.6 is 12.4 Å². The zero-order chi connectivity index (χ0) is 15.7. The van der Waals surface area contributed by atoms with E-state index in [1.165, 1.54) is 0 Å². The monoisotopic (exact) mass is 330 g/mol. The molecule has 22 heavy (non-hydrogen) atoms. The number of carbonyl (C=O) groups excluding carboxylic acids is 1. The minimum atomic E-state index is -0.862. The molecule has 0 bridgehead atoms. The van der Waals surface area contributed by atoms with Gasteiger partial charge in [0.1, 0.15) is 11.9 Å². The van der Waals surface area contributed by atoms with Crippen LogP contribution in [0.5, 0.6) is 5.75 Å². The molecule has 1 aromatic rings. The van der Waals surface area contributed by atoms with Crippen molar-refractivity contribution in [3.05, 3.63) is 29.8 Å². The van der Waals surface area contributed by atoms with E-state index in [9.17, 15) is 9.18 Å². The van der Waals surface area contributed by atoms with Crippen molar-refractivity contribution in [1.82, 2.24) is 5.32 Å². The SMILES string of the molecule is CC(C)(C)NC(=O)c1ccc(OC[C@@]2(CN)C[C@@H]2F)cc1.Cl. The van der Waals surface area contributed by atoms with Gasteiger partial charge in [0.2, 0.25) is 0 Å². The third-order valence-corrected chi connectivity index (χ3v) is 3.63. The number of halogens is 2. The van der Waals surface area contributed by atoms with Crippen molar-refractivity contribution >= 4 is 18.3 Å². The Hall–Kier alpha value is -1.33. The van der Waals surface area contributed by atoms with Gasteiger partial charge in [0.05, 0.1) is 12.0 Å². The minimum absolute atomic E-state index is 0. The molecule has 124 valence electrons. The van der Waals surface area contributed by atoms with Gasteiger partial charge in [0.25, 0.3) is 5.91 Å². The van der Waals surface area contributed by atoms with E-state index in [0.717, 1.165) is 0 Å². The number of hydrogen-bond donors (Lipinski definition) is 2. The predicted octanol–water partition coefficient (Wildman–Crippen LogP) is 2.70. The number of carbonyl (C=O) groups is 1. The molecule has 1 saturated carbocycles. The molecule has 4 nitrogen and oxygen atoms in total. The van der Waals surface area contributed by atoms with Gasteiger partial charge in [0.15, 0.2) is 0 Å². The fraction of sp³-hybridized carbons (Fsp3) is 0.562. The Morgan fingerprint density at radius 1 is 1.41 bits per heavy atom. The molecule has 3 N–H and O–H groups in total. The second-order valence-corrected chi connectivity index (χ2v) is 6.76. The average molecular weight is 331 g/mol. The van der Waals surface area contributed by atoms with Gasteiger partial charge in [-0.1, -0.05) is 0 Å². The molecule has 0 saturated heterocycles. The molecule has 1 aliphatic rings. The van der Waals surface area contributed by atoms with Crippen molar-refractivity contribution in [3.63, 3.8) is 0 Å². The van der Waals surface area contributed by atoms with E-state index < -0.39 is 11.6 Å². The molecular weight excluding hydrogens is 307 g/mol. The van der Waals surface area contributed by atoms with Crippen LogP contribution in [0.4, 0.5) is 4.39 Å². The summed E-state index contributed by atoms with van der Waals surface area (Å²) < 4.78 is 18.8. The van der Waals surface area contributed by atoms with Gasteiger partial charge in [-0.2, -0.15) is 0 Å². The standard InChI is InChI=1S/C16H23FN2O2.ClH/c1-15(2,3)19-14(20)11-4-6-12(7-5-11)21-10-16(9-18)8-13(16)17;/h4-7,13H,8-10,18H2,1-3H3,(H,19,20);1H/t13-,16-;/m0./s1. The van der Waals surface area contributed by atoms with Gasteiger partial charge in [-0.15, -0.1) is 12.4 Å². The topological polar surface area (TPSA) is 64.3 Å². The van der Waals surface area contributed by atoms with E-state index in [1.807, 2.05) is 20.8 Å². The lowest BCUT2D eigenvalue weighted by atomic mass is 10.1. The molecule has 0 unspecified atom stereocenters. The third kappa shape index (κ3) is 4.58. The number of nitrogens with two attached hydrogens (primary N) is 1. The van der Waals surface area contributed by atoms with Crippen LogP contribution in [0.3, 0.4) is 0 Å². The molecular formula is C16H24ClFN2O2. The Morgan fingerprint density at radius 3 is 2.36 bits per heavy atom. The van der Waals surface area contributed by atoms with Gasteiger partial charge in [0, 0.05) is 17.6 Å². The smallest absolute Gasteiger partial charge is 0.251 e. The Morgan fingerprint density at radius 2 is 1.95 bits per heavy atom. The van der Waals surface area contributed by atoms with Gasteiger partial charge in [-0.05, 0) is 51.5 Å². The van der Waals surface area contributed by atoms with E-state index in [-0.39, 0.29) is 30.5 Å². The number of benzene rings is 1. The van der Waals surface area contributed by atoms with Crippen LogP contribution in [0.25, 0.3) is 0 Å². The summed E-state index contributed by atoms with van der Waals surface area (Å²) in [4.78, 5) is 12.0. The van der Waals surface area contributed by atoms with Gasteiger partial charge in [-0.3, -0.25) is 4.79 Å². The normalized spacial score (nSPS) is 23.4. The van der Waals surface area contributed by atoms with Crippen molar-refractivity contribution in [2.24, 2.45) is 11.1 Å². The summed E-state index contributed by atoms with van der Waals surface area (Å²) in [7, 11) is 0. The van der Waals surface area contributed by atoms with Crippen LogP contribution in [0.1, 0.15) is 37.6 Å². The molecule has 0 spiro atoms. The summed E-state index contributed by atoms with van der Waals surface area (Å²) in [6.45, 7) is 6.35. The molecule has 1 amide bonds. The second-order valence-electron chi connectivity index (χ2n) is 6.76. The Bertz CT molecular complexity index is 512. The molecule has 0 aliphatic heterocycles. The van der Waals surface area contributed by atoms with E-state index in [0.29, 0.717) is 24.3 Å². The summed E-state index contributed by atoms with van der Waals surface area (Å²) in [6, 6.07) is 6.84. The summed E-state index contributed by atoms with van der Waals surface area (Å²) in [6.07, 6.45) is -0.394. The highest BCUT2D eigenvalue weighted by atomic mass is 35.5. The van der Waals surface area contributed by atoms with Gasteiger partial charge >= 0.3 is 0 Å². The first-order chi connectivity index (χ1) is 9.76. The molecule has 0 aromatic heterocycles. The Labute approximate surface area is 137 Å². The largest absolute Gasteiger partial charge is 0.493 e. The van der Waals surface area contributed by atoms with Crippen LogP contribution in [-0.2, 0) is 0 Å². The summed E-state index contributed by atoms with van der Waals surface area (Å²) in [5, 5.41) is 2.89. The molecule has 2 atom stereocenters. The highest BCUT2D eigenvalue weighted by Gasteiger charge is 2.55. The lowest BCUT2D eigenvalue weighted by molar-refractivity contribution is 0.0919. The van der Waals surface area contributed by atoms with E-state index >= 15 is 0 Å². The summed E-state index contributed by atoms with van der Waals surface area (Å²) in [5.41, 5.74) is 5.36. The first-order valence-corrected chi connectivity index (χ1v) is 7.15. The molecule has 1 aliphatic carbocycles. The molecule has 6 heteroatoms. The van der Waals surface area contributed by atoms with Crippen LogP contribution in [0.2, 0.25) is 0 Å². The Kier molecular flexibility index (Phi) is 5.82. The van der Waals surface area contributed by atoms with Crippen LogP contribution < -0.4 is 15.8 Å². The maximum Gasteiger partial charge on any atom is 0.251 e. The molecule has 0 radical (unpaired) electrons. The number of alkyl halides is 1. The van der Waals surface area contributed by atoms with Crippen molar-refractivity contribution in [2.75, 3.05) is 13.2 Å². The highest BCUT2D eigenvalue weighted by Crippen LogP contribution is 2.47. The summed E-state index contributed by atoms with van der Waals surface area (Å²) >= 11 is 0. The maximum absolute atomic E-state index is 13.2. The lowest BCUT2D eigenvalue weighted by Gasteiger charge is -2.20. The third-order valence-electron chi connectivity index (χ3n) is 3.63. The average Bonchev–Trinajstić information content (AvgIpc) is 3.06. The second kappa shape index (κ2) is 6.84. The number of amides is 1. The number of rotatable bonds is 5. The zero-order valence-electron chi connectivity index (χ0n) is 13.2. The van der Waals surface area contributed by atoms with Crippen molar-refractivity contribution < 1.29 is 13.9 Å². The van der Waals surface area contributed by atoms with Gasteiger partial charge in [-0.25, -0.2) is 4.39 Å². The van der Waals surface area contributed by atoms with Crippen molar-refractivity contribution in [1.29, 1.82) is 0 Å². The Balaban J connectivity index is 0.00000242. The number of ether oxygens (including phenoxy) is 1. The zero-order valence-corrected chi connectivity index (χ0v) is 14.0. The maximum atomic E-state index is 13.2. The predicted molar refractivity (Wildman–Crippen MR) is 87.4 cm³/mol. The van der Waals surface area contributed by atoms with Crippen LogP contribution in [0, 0.1) is 5.41 Å². The molecule has 1 fully saturated rings. The first kappa shape index (κ1) is 18.7. The van der Waals surface area contributed by atoms with E-state index in [2.05, 4.69) is 5.32 Å². The number of nitrogens with one attached hydrogen (secondary N) is 1. The number of hydrogen-bond acceptors (Lipinski definition) is 3. The van der Waals surface area contributed by atoms with Crippen molar-refractivity contribution in [2.45, 2.75) is 38.9 Å². The first-order valence-electron chi connectivity index (χ1n) is 7.15. The fourth-order valence-corrected chi connectivity index (χ4v) is 2.06. The molecule has 2 rings (SSSR count). The summed E-state index contributed by atoms with van der Waals surface area (Å²) in [5.74, 6) is 0.493. The van der Waals surface area contributed by atoms with Gasteiger partial charge < -0.3 is 15.8 Å². The highest BCUT2D eigenvalue weighted by molar-refractivity contribution is 5.94. The minimum Gasteiger partial charge on any atom is -0.493 e. The van der Waals surface area contributed by atoms with E-state index in [1.54, 1.807) is 24.3 Å². The molecule has 1 aromatic carbocycles. The van der Waals surface area contributed by atoms with Crippen molar-refractivity contribution in [3.8, 4) is 5.75 Å². The quantitative estimate of drug-likeness (QED) is 0.872. The fourth-order valence-electron chi connectivity index (χ4n) is 2.06.